The van der Waals surface area contributed by atoms with E-state index in [4.69, 9.17) is 13.5 Å². The summed E-state index contributed by atoms with van der Waals surface area (Å²) in [5.74, 6) is 0. The zero-order chi connectivity index (χ0) is 20.4. The van der Waals surface area contributed by atoms with Crippen molar-refractivity contribution in [1.29, 1.82) is 0 Å². The summed E-state index contributed by atoms with van der Waals surface area (Å²) >= 11 is 7.65. The van der Waals surface area contributed by atoms with E-state index in [0.717, 1.165) is 10.1 Å². The molecule has 0 unspecified atom stereocenters. The molecule has 0 spiro atoms. The Hall–Kier alpha value is -0.690. The summed E-state index contributed by atoms with van der Waals surface area (Å²) in [6, 6.07) is 31.8. The molecule has 1 aliphatic rings. The van der Waals surface area contributed by atoms with Gasteiger partial charge in [0.25, 0.3) is 0 Å². The predicted octanol–water partition coefficient (Wildman–Crippen LogP) is 7.66. The highest BCUT2D eigenvalue weighted by atomic mass is 79.9. The molecule has 3 atom stereocenters. The molecule has 0 radical (unpaired) electrons. The Labute approximate surface area is 190 Å². The van der Waals surface area contributed by atoms with Gasteiger partial charge in [-0.3, -0.25) is 0 Å². The number of alkyl halides is 2. The van der Waals surface area contributed by atoms with Crippen LogP contribution in [0.15, 0.2) is 105 Å². The van der Waals surface area contributed by atoms with Gasteiger partial charge in [0, 0.05) is 15.9 Å². The van der Waals surface area contributed by atoms with Crippen LogP contribution in [0.25, 0.3) is 0 Å². The highest BCUT2D eigenvalue weighted by molar-refractivity contribution is 9.10. The third-order valence-corrected chi connectivity index (χ3v) is 20.8. The lowest BCUT2D eigenvalue weighted by Gasteiger charge is -2.35. The summed E-state index contributed by atoms with van der Waals surface area (Å²) in [6.45, 7) is 2.25. The normalized spacial score (nSPS) is 28.7. The molecule has 1 heterocycles. The van der Waals surface area contributed by atoms with Crippen LogP contribution in [-0.4, -0.2) is 16.8 Å². The van der Waals surface area contributed by atoms with Gasteiger partial charge in [0.1, 0.15) is 21.6 Å². The quantitative estimate of drug-likeness (QED) is 0.224. The number of rotatable bonds is 5. The van der Waals surface area contributed by atoms with Crippen molar-refractivity contribution in [2.45, 2.75) is 0 Å². The van der Waals surface area contributed by atoms with E-state index >= 15 is 0 Å². The van der Waals surface area contributed by atoms with Crippen molar-refractivity contribution in [2.24, 2.45) is 13.5 Å². The number of hydrogen-bond donors (Lipinski definition) is 0. The minimum Gasteiger partial charge on any atom is -0.231 e. The average molecular weight is 569 g/mol. The standard InChI is InChI=1S/C21H22Br2N3P3/c1-27(19-11-5-2-6-12-19)24-28(17-22,20-13-7-3-8-14-20)26-29(18-23,25-27)21-15-9-4-10-16-21/h2-16H,17-18H2,1H3/t27-,28+,29-. The number of nitrogens with zero attached hydrogens (tertiary/aromatic N) is 3. The highest BCUT2D eigenvalue weighted by Gasteiger charge is 2.36. The number of hydrogen-bond acceptors (Lipinski definition) is 3. The fraction of sp³-hybridized carbons (Fsp3) is 0.143. The first-order valence-corrected chi connectivity index (χ1v) is 17.4. The fourth-order valence-electron chi connectivity index (χ4n) is 3.46. The van der Waals surface area contributed by atoms with Crippen LogP contribution in [0.1, 0.15) is 0 Å². The first kappa shape index (κ1) is 21.5. The molecule has 0 aromatic heterocycles. The largest absolute Gasteiger partial charge is 0.231 e. The van der Waals surface area contributed by atoms with Crippen LogP contribution >= 0.6 is 53.5 Å². The van der Waals surface area contributed by atoms with Gasteiger partial charge < -0.3 is 0 Å². The van der Waals surface area contributed by atoms with Crippen LogP contribution in [0.2, 0.25) is 0 Å². The Morgan fingerprint density at radius 3 is 1.34 bits per heavy atom. The van der Waals surface area contributed by atoms with Gasteiger partial charge in [0.2, 0.25) is 0 Å². The zero-order valence-electron chi connectivity index (χ0n) is 16.0. The summed E-state index contributed by atoms with van der Waals surface area (Å²) in [4.78, 5) is 0. The number of benzene rings is 3. The van der Waals surface area contributed by atoms with E-state index in [1.807, 2.05) is 0 Å². The smallest absolute Gasteiger partial charge is 0.119 e. The average Bonchev–Trinajstić information content (AvgIpc) is 2.80. The Morgan fingerprint density at radius 2 is 0.931 bits per heavy atom. The van der Waals surface area contributed by atoms with Gasteiger partial charge in [0.05, 0.1) is 10.1 Å². The summed E-state index contributed by atoms with van der Waals surface area (Å²) < 4.78 is 16.6. The molecule has 150 valence electrons. The molecule has 3 nitrogen and oxygen atoms in total. The molecule has 1 aliphatic heterocycles. The van der Waals surface area contributed by atoms with Crippen molar-refractivity contribution < 1.29 is 0 Å². The van der Waals surface area contributed by atoms with Gasteiger partial charge in [0.15, 0.2) is 0 Å². The second kappa shape index (κ2) is 8.81. The minimum absolute atomic E-state index is 0.740. The summed E-state index contributed by atoms with van der Waals surface area (Å²) in [6.07, 6.45) is 0. The van der Waals surface area contributed by atoms with E-state index in [1.54, 1.807) is 0 Å². The van der Waals surface area contributed by atoms with Crippen molar-refractivity contribution >= 4 is 69.4 Å². The van der Waals surface area contributed by atoms with Gasteiger partial charge in [-0.15, -0.1) is 0 Å². The van der Waals surface area contributed by atoms with Crippen molar-refractivity contribution in [2.75, 3.05) is 16.8 Å². The summed E-state index contributed by atoms with van der Waals surface area (Å²) in [5, 5.41) is 5.13. The molecule has 0 aliphatic carbocycles. The topological polar surface area (TPSA) is 37.1 Å². The second-order valence-corrected chi connectivity index (χ2v) is 18.8. The van der Waals surface area contributed by atoms with E-state index in [0.29, 0.717) is 0 Å². The molecule has 3 aromatic rings. The van der Waals surface area contributed by atoms with Crippen LogP contribution in [-0.2, 0) is 0 Å². The lowest BCUT2D eigenvalue weighted by atomic mass is 10.4. The van der Waals surface area contributed by atoms with Gasteiger partial charge in [-0.25, -0.2) is 13.5 Å². The van der Waals surface area contributed by atoms with E-state index in [1.165, 1.54) is 15.9 Å². The van der Waals surface area contributed by atoms with Crippen LogP contribution < -0.4 is 15.9 Å². The van der Waals surface area contributed by atoms with Crippen molar-refractivity contribution in [3.63, 3.8) is 0 Å². The highest BCUT2D eigenvalue weighted by Crippen LogP contribution is 2.76. The Bertz CT molecular complexity index is 1120. The van der Waals surface area contributed by atoms with Crippen LogP contribution in [0.5, 0.6) is 0 Å². The molecule has 0 N–H and O–H groups in total. The first-order valence-electron chi connectivity index (χ1n) is 9.22. The van der Waals surface area contributed by atoms with Gasteiger partial charge in [-0.1, -0.05) is 123 Å². The maximum atomic E-state index is 5.57. The molecule has 4 rings (SSSR count). The maximum Gasteiger partial charge on any atom is 0.119 e. The van der Waals surface area contributed by atoms with Crippen LogP contribution in [0.3, 0.4) is 0 Å². The molecule has 0 fully saturated rings. The Balaban J connectivity index is 2.14. The molecule has 0 bridgehead atoms. The molecule has 29 heavy (non-hydrogen) atoms. The van der Waals surface area contributed by atoms with Crippen molar-refractivity contribution in [3.8, 4) is 0 Å². The third-order valence-electron chi connectivity index (χ3n) is 4.86. The molecule has 0 amide bonds. The van der Waals surface area contributed by atoms with Gasteiger partial charge in [-0.2, -0.15) is 0 Å². The monoisotopic (exact) mass is 567 g/mol. The molecular formula is C21H22Br2N3P3. The van der Waals surface area contributed by atoms with E-state index in [2.05, 4.69) is 130 Å². The van der Waals surface area contributed by atoms with Crippen LogP contribution in [0, 0.1) is 0 Å². The molecule has 0 saturated carbocycles. The summed E-state index contributed by atoms with van der Waals surface area (Å²) in [5.41, 5.74) is 0. The second-order valence-electron chi connectivity index (χ2n) is 6.89. The van der Waals surface area contributed by atoms with E-state index in [9.17, 15) is 0 Å². The third kappa shape index (κ3) is 4.10. The maximum absolute atomic E-state index is 5.57. The Morgan fingerprint density at radius 1 is 0.552 bits per heavy atom. The zero-order valence-corrected chi connectivity index (χ0v) is 21.9. The molecule has 3 aromatic carbocycles. The predicted molar refractivity (Wildman–Crippen MR) is 140 cm³/mol. The lowest BCUT2D eigenvalue weighted by Crippen LogP contribution is -2.13. The van der Waals surface area contributed by atoms with Crippen molar-refractivity contribution in [1.82, 2.24) is 0 Å². The summed E-state index contributed by atoms with van der Waals surface area (Å²) in [7, 11) is -6.47. The minimum atomic E-state index is -2.17. The van der Waals surface area contributed by atoms with E-state index < -0.39 is 21.6 Å². The number of halogens is 2. The van der Waals surface area contributed by atoms with Gasteiger partial charge in [-0.05, 0) is 6.66 Å². The molecular weight excluding hydrogens is 547 g/mol. The van der Waals surface area contributed by atoms with Crippen molar-refractivity contribution in [3.05, 3.63) is 91.0 Å². The molecule has 8 heteroatoms. The SMILES string of the molecule is C[P@]1(c2ccccc2)=N[P@@](CBr)(c2ccccc2)=N[P@@](CBr)(c2ccccc2)=N1. The Kier molecular flexibility index (Phi) is 6.55. The lowest BCUT2D eigenvalue weighted by molar-refractivity contribution is 1.60. The van der Waals surface area contributed by atoms with E-state index in [-0.39, 0.29) is 0 Å². The molecule has 0 saturated heterocycles. The van der Waals surface area contributed by atoms with Gasteiger partial charge >= 0.3 is 0 Å². The van der Waals surface area contributed by atoms with Crippen LogP contribution in [0.4, 0.5) is 0 Å². The first-order chi connectivity index (χ1) is 14.1. The fourth-order valence-corrected chi connectivity index (χ4v) is 22.3.